The maximum absolute atomic E-state index is 12.3. The highest BCUT2D eigenvalue weighted by atomic mass is 79.9. The van der Waals surface area contributed by atoms with Crippen molar-refractivity contribution in [2.75, 3.05) is 19.8 Å². The Morgan fingerprint density at radius 2 is 2.00 bits per heavy atom. The largest absolute Gasteiger partial charge is 0.490 e. The fraction of sp³-hybridized carbons (Fsp3) is 0.333. The average molecular weight is 407 g/mol. The quantitative estimate of drug-likeness (QED) is 0.429. The highest BCUT2D eigenvalue weighted by Gasteiger charge is 2.32. The van der Waals surface area contributed by atoms with Crippen molar-refractivity contribution >= 4 is 33.9 Å². The van der Waals surface area contributed by atoms with E-state index in [0.29, 0.717) is 41.1 Å². The van der Waals surface area contributed by atoms with Gasteiger partial charge in [-0.25, -0.2) is 4.79 Å². The molecular weight excluding hydrogens is 388 g/mol. The van der Waals surface area contributed by atoms with Gasteiger partial charge in [-0.05, 0) is 37.1 Å². The van der Waals surface area contributed by atoms with Crippen LogP contribution in [0.2, 0.25) is 0 Å². The van der Waals surface area contributed by atoms with Gasteiger partial charge in [-0.15, -0.1) is 6.42 Å². The summed E-state index contributed by atoms with van der Waals surface area (Å²) in [4.78, 5) is 25.4. The first-order valence-electron chi connectivity index (χ1n) is 7.88. The Kier molecular flexibility index (Phi) is 6.48. The van der Waals surface area contributed by atoms with Crippen LogP contribution in [0.3, 0.4) is 0 Å². The van der Waals surface area contributed by atoms with E-state index in [0.717, 1.165) is 0 Å². The molecule has 0 bridgehead atoms. The standard InChI is InChI=1S/C18H19BrN2O4/c1-4-7-21-17(22)14(20-18(21)23)9-12-10-15(24-6-3)16(11-13(12)19)25-8-5-2/h2,9-11H,4,6-8H2,1,3H3,(H,20,23)/b14-9+. The molecule has 0 aromatic heterocycles. The lowest BCUT2D eigenvalue weighted by atomic mass is 10.1. The molecule has 1 heterocycles. The van der Waals surface area contributed by atoms with E-state index >= 15 is 0 Å². The van der Waals surface area contributed by atoms with Gasteiger partial charge < -0.3 is 14.8 Å². The van der Waals surface area contributed by atoms with Crippen molar-refractivity contribution in [3.63, 3.8) is 0 Å². The molecule has 25 heavy (non-hydrogen) atoms. The molecule has 0 aliphatic carbocycles. The van der Waals surface area contributed by atoms with Crippen molar-refractivity contribution < 1.29 is 19.1 Å². The first kappa shape index (κ1) is 18.9. The number of rotatable bonds is 7. The average Bonchev–Trinajstić information content (AvgIpc) is 2.84. The number of carbonyl (C=O) groups excluding carboxylic acids is 2. The lowest BCUT2D eigenvalue weighted by Gasteiger charge is -2.13. The van der Waals surface area contributed by atoms with E-state index in [1.165, 1.54) is 4.90 Å². The monoisotopic (exact) mass is 406 g/mol. The van der Waals surface area contributed by atoms with Crippen molar-refractivity contribution in [1.82, 2.24) is 10.2 Å². The Morgan fingerprint density at radius 1 is 1.28 bits per heavy atom. The molecule has 1 aromatic rings. The molecule has 132 valence electrons. The summed E-state index contributed by atoms with van der Waals surface area (Å²) >= 11 is 3.44. The second-order valence-electron chi connectivity index (χ2n) is 5.19. The number of benzene rings is 1. The summed E-state index contributed by atoms with van der Waals surface area (Å²) in [6.07, 6.45) is 7.53. The first-order chi connectivity index (χ1) is 12.0. The summed E-state index contributed by atoms with van der Waals surface area (Å²) in [5.41, 5.74) is 0.900. The fourth-order valence-electron chi connectivity index (χ4n) is 2.32. The number of ether oxygens (including phenoxy) is 2. The molecule has 1 aromatic carbocycles. The van der Waals surface area contributed by atoms with E-state index in [-0.39, 0.29) is 18.2 Å². The minimum Gasteiger partial charge on any atom is -0.490 e. The maximum Gasteiger partial charge on any atom is 0.329 e. The molecule has 0 unspecified atom stereocenters. The second kappa shape index (κ2) is 8.58. The molecule has 6 nitrogen and oxygen atoms in total. The van der Waals surface area contributed by atoms with Gasteiger partial charge in [0.1, 0.15) is 12.3 Å². The molecule has 1 N–H and O–H groups in total. The highest BCUT2D eigenvalue weighted by molar-refractivity contribution is 9.10. The van der Waals surface area contributed by atoms with Crippen LogP contribution in [0.1, 0.15) is 25.8 Å². The van der Waals surface area contributed by atoms with E-state index < -0.39 is 6.03 Å². The number of amides is 3. The van der Waals surface area contributed by atoms with Crippen LogP contribution in [-0.4, -0.2) is 36.6 Å². The molecule has 0 radical (unpaired) electrons. The Hall–Kier alpha value is -2.46. The number of carbonyl (C=O) groups is 2. The van der Waals surface area contributed by atoms with Gasteiger partial charge in [0.2, 0.25) is 0 Å². The zero-order chi connectivity index (χ0) is 18.4. The Bertz CT molecular complexity index is 752. The lowest BCUT2D eigenvalue weighted by molar-refractivity contribution is -0.122. The number of urea groups is 1. The van der Waals surface area contributed by atoms with Gasteiger partial charge in [-0.3, -0.25) is 9.69 Å². The molecule has 1 fully saturated rings. The van der Waals surface area contributed by atoms with Gasteiger partial charge in [0.25, 0.3) is 5.91 Å². The highest BCUT2D eigenvalue weighted by Crippen LogP contribution is 2.35. The molecule has 0 spiro atoms. The van der Waals surface area contributed by atoms with Gasteiger partial charge in [-0.2, -0.15) is 0 Å². The van der Waals surface area contributed by atoms with Crippen molar-refractivity contribution in [2.45, 2.75) is 20.3 Å². The molecule has 0 atom stereocenters. The summed E-state index contributed by atoms with van der Waals surface area (Å²) in [7, 11) is 0. The van der Waals surface area contributed by atoms with E-state index in [9.17, 15) is 9.59 Å². The molecule has 2 rings (SSSR count). The number of hydrogen-bond donors (Lipinski definition) is 1. The molecule has 1 aliphatic heterocycles. The molecule has 7 heteroatoms. The Morgan fingerprint density at radius 3 is 2.64 bits per heavy atom. The van der Waals surface area contributed by atoms with Crippen molar-refractivity contribution in [2.24, 2.45) is 0 Å². The zero-order valence-corrected chi connectivity index (χ0v) is 15.7. The summed E-state index contributed by atoms with van der Waals surface area (Å²) < 4.78 is 11.7. The number of imide groups is 1. The SMILES string of the molecule is C#CCOc1cc(Br)c(/C=C2/NC(=O)N(CCC)C2=O)cc1OCC. The molecule has 3 amide bonds. The van der Waals surface area contributed by atoms with Crippen LogP contribution in [0.5, 0.6) is 11.5 Å². The third kappa shape index (κ3) is 4.34. The van der Waals surface area contributed by atoms with Crippen molar-refractivity contribution in [3.8, 4) is 23.8 Å². The number of nitrogens with zero attached hydrogens (tertiary/aromatic N) is 1. The zero-order valence-electron chi connectivity index (χ0n) is 14.1. The normalized spacial score (nSPS) is 15.3. The van der Waals surface area contributed by atoms with E-state index in [2.05, 4.69) is 27.2 Å². The van der Waals surface area contributed by atoms with E-state index in [4.69, 9.17) is 15.9 Å². The van der Waals surface area contributed by atoms with Crippen molar-refractivity contribution in [1.29, 1.82) is 0 Å². The molecule has 1 aliphatic rings. The fourth-order valence-corrected chi connectivity index (χ4v) is 2.75. The number of terminal acetylenes is 1. The van der Waals surface area contributed by atoms with Crippen LogP contribution >= 0.6 is 15.9 Å². The van der Waals surface area contributed by atoms with Crippen LogP contribution in [0.15, 0.2) is 22.3 Å². The summed E-state index contributed by atoms with van der Waals surface area (Å²) in [6.45, 7) is 4.71. The van der Waals surface area contributed by atoms with Crippen LogP contribution in [-0.2, 0) is 4.79 Å². The topological polar surface area (TPSA) is 67.9 Å². The van der Waals surface area contributed by atoms with E-state index in [1.807, 2.05) is 13.8 Å². The first-order valence-corrected chi connectivity index (χ1v) is 8.68. The summed E-state index contributed by atoms with van der Waals surface area (Å²) in [5.74, 6) is 3.07. The van der Waals surface area contributed by atoms with Gasteiger partial charge in [0.05, 0.1) is 6.61 Å². The Balaban J connectivity index is 2.36. The maximum atomic E-state index is 12.3. The van der Waals surface area contributed by atoms with Crippen LogP contribution in [0.25, 0.3) is 6.08 Å². The van der Waals surface area contributed by atoms with Gasteiger partial charge >= 0.3 is 6.03 Å². The number of halogens is 1. The number of nitrogens with one attached hydrogen (secondary N) is 1. The van der Waals surface area contributed by atoms with Crippen LogP contribution < -0.4 is 14.8 Å². The van der Waals surface area contributed by atoms with Gasteiger partial charge in [0, 0.05) is 11.0 Å². The Labute approximate surface area is 155 Å². The minimum atomic E-state index is -0.409. The predicted octanol–water partition coefficient (Wildman–Crippen LogP) is 3.16. The van der Waals surface area contributed by atoms with Crippen LogP contribution in [0.4, 0.5) is 4.79 Å². The van der Waals surface area contributed by atoms with Crippen molar-refractivity contribution in [3.05, 3.63) is 27.9 Å². The third-order valence-corrected chi connectivity index (χ3v) is 4.07. The molecule has 1 saturated heterocycles. The summed E-state index contributed by atoms with van der Waals surface area (Å²) in [5, 5.41) is 2.59. The molecular formula is C18H19BrN2O4. The minimum absolute atomic E-state index is 0.119. The van der Waals surface area contributed by atoms with E-state index in [1.54, 1.807) is 18.2 Å². The summed E-state index contributed by atoms with van der Waals surface area (Å²) in [6, 6.07) is 3.04. The van der Waals surface area contributed by atoms with Gasteiger partial charge in [-0.1, -0.05) is 28.8 Å². The third-order valence-electron chi connectivity index (χ3n) is 3.38. The van der Waals surface area contributed by atoms with Crippen LogP contribution in [0, 0.1) is 12.3 Å². The second-order valence-corrected chi connectivity index (χ2v) is 6.05. The lowest BCUT2D eigenvalue weighted by Crippen LogP contribution is -2.31. The predicted molar refractivity (Wildman–Crippen MR) is 98.2 cm³/mol. The van der Waals surface area contributed by atoms with Gasteiger partial charge in [0.15, 0.2) is 11.5 Å². The smallest absolute Gasteiger partial charge is 0.329 e. The number of hydrogen-bond acceptors (Lipinski definition) is 4. The molecule has 0 saturated carbocycles.